The summed E-state index contributed by atoms with van der Waals surface area (Å²) in [5.74, 6) is 0.548. The second-order valence-corrected chi connectivity index (χ2v) is 4.14. The van der Waals surface area contributed by atoms with Crippen molar-refractivity contribution in [2.45, 2.75) is 25.6 Å². The maximum Gasteiger partial charge on any atom is 0.233 e. The van der Waals surface area contributed by atoms with Crippen molar-refractivity contribution in [2.24, 2.45) is 0 Å². The molecule has 5 nitrogen and oxygen atoms in total. The molecule has 1 aliphatic rings. The highest BCUT2D eigenvalue weighted by atomic mass is 16.5. The van der Waals surface area contributed by atoms with Gasteiger partial charge in [-0.25, -0.2) is 0 Å². The van der Waals surface area contributed by atoms with E-state index in [1.165, 1.54) is 0 Å². The Kier molecular flexibility index (Phi) is 3.69. The Labute approximate surface area is 95.1 Å². The van der Waals surface area contributed by atoms with Crippen molar-refractivity contribution >= 4 is 0 Å². The average Bonchev–Trinajstić information content (AvgIpc) is 2.33. The number of aliphatic hydroxyl groups excluding tert-OH is 1. The standard InChI is InChI=1S/C11H17N3O2/c1-14-6-4-10(5-7-14)16-11-3-2-9(8-15)12-13-11/h2-3,10,15H,4-8H2,1H3. The zero-order valence-corrected chi connectivity index (χ0v) is 9.46. The van der Waals surface area contributed by atoms with Crippen molar-refractivity contribution in [2.75, 3.05) is 20.1 Å². The number of hydrogen-bond acceptors (Lipinski definition) is 5. The van der Waals surface area contributed by atoms with Crippen LogP contribution in [0.2, 0.25) is 0 Å². The highest BCUT2D eigenvalue weighted by Crippen LogP contribution is 2.15. The molecule has 0 saturated carbocycles. The minimum Gasteiger partial charge on any atom is -0.473 e. The fourth-order valence-corrected chi connectivity index (χ4v) is 1.77. The Morgan fingerprint density at radius 1 is 1.38 bits per heavy atom. The van der Waals surface area contributed by atoms with Crippen LogP contribution in [-0.2, 0) is 6.61 Å². The minimum atomic E-state index is -0.0818. The lowest BCUT2D eigenvalue weighted by Gasteiger charge is -2.28. The van der Waals surface area contributed by atoms with Crippen molar-refractivity contribution in [1.82, 2.24) is 15.1 Å². The number of aliphatic hydroxyl groups is 1. The van der Waals surface area contributed by atoms with Crippen molar-refractivity contribution in [3.8, 4) is 5.88 Å². The molecule has 0 aliphatic carbocycles. The van der Waals surface area contributed by atoms with Gasteiger partial charge in [0.15, 0.2) is 0 Å². The lowest BCUT2D eigenvalue weighted by molar-refractivity contribution is 0.109. The largest absolute Gasteiger partial charge is 0.473 e. The fraction of sp³-hybridized carbons (Fsp3) is 0.636. The van der Waals surface area contributed by atoms with E-state index in [1.807, 2.05) is 0 Å². The Morgan fingerprint density at radius 2 is 2.12 bits per heavy atom. The monoisotopic (exact) mass is 223 g/mol. The van der Waals surface area contributed by atoms with Gasteiger partial charge in [0.2, 0.25) is 5.88 Å². The van der Waals surface area contributed by atoms with Crippen LogP contribution in [0.4, 0.5) is 0 Å². The molecule has 2 rings (SSSR count). The molecule has 1 N–H and O–H groups in total. The van der Waals surface area contributed by atoms with Crippen LogP contribution in [0.25, 0.3) is 0 Å². The molecule has 0 spiro atoms. The number of likely N-dealkylation sites (tertiary alicyclic amines) is 1. The molecule has 1 aromatic rings. The molecule has 0 unspecified atom stereocenters. The SMILES string of the molecule is CN1CCC(Oc2ccc(CO)nn2)CC1. The second-order valence-electron chi connectivity index (χ2n) is 4.14. The molecular weight excluding hydrogens is 206 g/mol. The number of piperidine rings is 1. The molecule has 0 aromatic carbocycles. The summed E-state index contributed by atoms with van der Waals surface area (Å²) in [5, 5.41) is 16.6. The summed E-state index contributed by atoms with van der Waals surface area (Å²) < 4.78 is 5.72. The van der Waals surface area contributed by atoms with Crippen molar-refractivity contribution < 1.29 is 9.84 Å². The summed E-state index contributed by atoms with van der Waals surface area (Å²) in [4.78, 5) is 2.29. The van der Waals surface area contributed by atoms with Gasteiger partial charge in [0.25, 0.3) is 0 Å². The summed E-state index contributed by atoms with van der Waals surface area (Å²) in [7, 11) is 2.12. The molecule has 16 heavy (non-hydrogen) atoms. The third kappa shape index (κ3) is 2.90. The predicted molar refractivity (Wildman–Crippen MR) is 59.1 cm³/mol. The highest BCUT2D eigenvalue weighted by molar-refractivity contribution is 5.11. The third-order valence-corrected chi connectivity index (χ3v) is 2.81. The van der Waals surface area contributed by atoms with Crippen LogP contribution in [0.5, 0.6) is 5.88 Å². The van der Waals surface area contributed by atoms with E-state index in [2.05, 4.69) is 22.1 Å². The number of nitrogens with zero attached hydrogens (tertiary/aromatic N) is 3. The summed E-state index contributed by atoms with van der Waals surface area (Å²) >= 11 is 0. The van der Waals surface area contributed by atoms with E-state index in [9.17, 15) is 0 Å². The predicted octanol–water partition coefficient (Wildman–Crippen LogP) is 0.442. The number of hydrogen-bond donors (Lipinski definition) is 1. The van der Waals surface area contributed by atoms with Crippen LogP contribution in [-0.4, -0.2) is 46.4 Å². The van der Waals surface area contributed by atoms with Gasteiger partial charge in [-0.2, -0.15) is 0 Å². The van der Waals surface area contributed by atoms with Crippen LogP contribution < -0.4 is 4.74 Å². The van der Waals surface area contributed by atoms with Gasteiger partial charge in [0.05, 0.1) is 12.3 Å². The normalized spacial score (nSPS) is 18.6. The summed E-state index contributed by atoms with van der Waals surface area (Å²) in [6.07, 6.45) is 2.30. The Bertz CT molecular complexity index is 321. The fourth-order valence-electron chi connectivity index (χ4n) is 1.77. The van der Waals surface area contributed by atoms with Crippen molar-refractivity contribution in [3.63, 3.8) is 0 Å². The lowest BCUT2D eigenvalue weighted by atomic mass is 10.1. The van der Waals surface area contributed by atoms with Gasteiger partial charge in [-0.1, -0.05) is 0 Å². The van der Waals surface area contributed by atoms with Gasteiger partial charge in [0, 0.05) is 19.2 Å². The third-order valence-electron chi connectivity index (χ3n) is 2.81. The zero-order valence-electron chi connectivity index (χ0n) is 9.46. The lowest BCUT2D eigenvalue weighted by Crippen LogP contribution is -2.35. The van der Waals surface area contributed by atoms with E-state index in [0.29, 0.717) is 11.6 Å². The van der Waals surface area contributed by atoms with Gasteiger partial charge in [0.1, 0.15) is 6.10 Å². The first-order chi connectivity index (χ1) is 7.78. The van der Waals surface area contributed by atoms with Crippen LogP contribution in [0.3, 0.4) is 0 Å². The number of ether oxygens (including phenoxy) is 1. The van der Waals surface area contributed by atoms with Gasteiger partial charge >= 0.3 is 0 Å². The summed E-state index contributed by atoms with van der Waals surface area (Å²) in [6.45, 7) is 2.04. The molecule has 0 amide bonds. The smallest absolute Gasteiger partial charge is 0.233 e. The van der Waals surface area contributed by atoms with E-state index >= 15 is 0 Å². The van der Waals surface area contributed by atoms with Gasteiger partial charge in [-0.05, 0) is 26.0 Å². The van der Waals surface area contributed by atoms with E-state index in [-0.39, 0.29) is 12.7 Å². The Morgan fingerprint density at radius 3 is 2.69 bits per heavy atom. The van der Waals surface area contributed by atoms with Crippen LogP contribution in [0, 0.1) is 0 Å². The Balaban J connectivity index is 1.88. The Hall–Kier alpha value is -1.20. The molecule has 1 saturated heterocycles. The van der Waals surface area contributed by atoms with Crippen LogP contribution in [0.1, 0.15) is 18.5 Å². The number of rotatable bonds is 3. The first kappa shape index (κ1) is 11.3. The molecule has 2 heterocycles. The summed E-state index contributed by atoms with van der Waals surface area (Å²) in [6, 6.07) is 3.49. The molecule has 1 aromatic heterocycles. The molecule has 1 aliphatic heterocycles. The molecule has 5 heteroatoms. The second kappa shape index (κ2) is 5.23. The van der Waals surface area contributed by atoms with E-state index in [0.717, 1.165) is 25.9 Å². The highest BCUT2D eigenvalue weighted by Gasteiger charge is 2.18. The molecule has 0 bridgehead atoms. The molecular formula is C11H17N3O2. The van der Waals surface area contributed by atoms with E-state index in [1.54, 1.807) is 12.1 Å². The quantitative estimate of drug-likeness (QED) is 0.806. The first-order valence-corrected chi connectivity index (χ1v) is 5.56. The first-order valence-electron chi connectivity index (χ1n) is 5.56. The molecule has 1 fully saturated rings. The van der Waals surface area contributed by atoms with Gasteiger partial charge in [-0.15, -0.1) is 10.2 Å². The molecule has 0 atom stereocenters. The van der Waals surface area contributed by atoms with E-state index < -0.39 is 0 Å². The van der Waals surface area contributed by atoms with Crippen molar-refractivity contribution in [3.05, 3.63) is 17.8 Å². The van der Waals surface area contributed by atoms with Gasteiger partial charge in [-0.3, -0.25) is 0 Å². The van der Waals surface area contributed by atoms with E-state index in [4.69, 9.17) is 9.84 Å². The molecule has 88 valence electrons. The van der Waals surface area contributed by atoms with Crippen LogP contribution in [0.15, 0.2) is 12.1 Å². The minimum absolute atomic E-state index is 0.0818. The summed E-state index contributed by atoms with van der Waals surface area (Å²) in [5.41, 5.74) is 0.565. The average molecular weight is 223 g/mol. The maximum atomic E-state index is 8.83. The van der Waals surface area contributed by atoms with Crippen LogP contribution >= 0.6 is 0 Å². The maximum absolute atomic E-state index is 8.83. The molecule has 0 radical (unpaired) electrons. The van der Waals surface area contributed by atoms with Crippen molar-refractivity contribution in [1.29, 1.82) is 0 Å². The topological polar surface area (TPSA) is 58.5 Å². The zero-order chi connectivity index (χ0) is 11.4. The van der Waals surface area contributed by atoms with Gasteiger partial charge < -0.3 is 14.7 Å². The number of aromatic nitrogens is 2.